The van der Waals surface area contributed by atoms with E-state index >= 15 is 0 Å². The van der Waals surface area contributed by atoms with E-state index in [0.29, 0.717) is 0 Å². The summed E-state index contributed by atoms with van der Waals surface area (Å²) >= 11 is 0. The van der Waals surface area contributed by atoms with Crippen molar-refractivity contribution in [1.29, 1.82) is 0 Å². The van der Waals surface area contributed by atoms with Gasteiger partial charge < -0.3 is 4.74 Å². The molecule has 0 aliphatic carbocycles. The van der Waals surface area contributed by atoms with E-state index in [0.717, 1.165) is 63.6 Å². The number of piperazine rings is 1. The zero-order valence-electron chi connectivity index (χ0n) is 16.2. The molecule has 0 atom stereocenters. The molecule has 5 nitrogen and oxygen atoms in total. The zero-order chi connectivity index (χ0) is 18.1. The summed E-state index contributed by atoms with van der Waals surface area (Å²) in [5.74, 6) is 0. The maximum absolute atomic E-state index is 5.63. The molecule has 0 saturated carbocycles. The molecule has 1 spiro atoms. The Labute approximate surface area is 156 Å². The fraction of sp³-hybridized carbons (Fsp3) is 0.571. The summed E-state index contributed by atoms with van der Waals surface area (Å²) in [6, 6.07) is 10.4. The van der Waals surface area contributed by atoms with Crippen LogP contribution in [0.2, 0.25) is 0 Å². The summed E-state index contributed by atoms with van der Waals surface area (Å²) in [4.78, 5) is 5.19. The van der Waals surface area contributed by atoms with Gasteiger partial charge in [0.1, 0.15) is 0 Å². The molecule has 4 rings (SSSR count). The molecule has 26 heavy (non-hydrogen) atoms. The van der Waals surface area contributed by atoms with Gasteiger partial charge in [-0.05, 0) is 45.9 Å². The van der Waals surface area contributed by atoms with Crippen LogP contribution < -0.4 is 0 Å². The monoisotopic (exact) mass is 354 g/mol. The largest absolute Gasteiger partial charge is 0.381 e. The topological polar surface area (TPSA) is 33.5 Å². The first-order valence-corrected chi connectivity index (χ1v) is 9.71. The SMILES string of the molecule is Cc1nn(-c2ccccc2)c(C)c1CN1CCN(C)C2(CCOCC2)C1. The molecule has 2 saturated heterocycles. The number of likely N-dealkylation sites (N-methyl/N-ethyl adjacent to an activating group) is 1. The molecular formula is C21H30N4O. The van der Waals surface area contributed by atoms with Crippen LogP contribution in [0.25, 0.3) is 5.69 Å². The Bertz CT molecular complexity index is 749. The molecule has 2 aliphatic rings. The third kappa shape index (κ3) is 3.20. The van der Waals surface area contributed by atoms with E-state index in [1.54, 1.807) is 0 Å². The van der Waals surface area contributed by atoms with Gasteiger partial charge in [-0.1, -0.05) is 18.2 Å². The number of nitrogens with zero attached hydrogens (tertiary/aromatic N) is 4. The van der Waals surface area contributed by atoms with Crippen molar-refractivity contribution in [3.05, 3.63) is 47.3 Å². The predicted octanol–water partition coefficient (Wildman–Crippen LogP) is 2.79. The van der Waals surface area contributed by atoms with E-state index in [4.69, 9.17) is 9.84 Å². The van der Waals surface area contributed by atoms with E-state index in [9.17, 15) is 0 Å². The van der Waals surface area contributed by atoms with E-state index in [2.05, 4.69) is 59.6 Å². The van der Waals surface area contributed by atoms with Gasteiger partial charge in [0, 0.05) is 56.2 Å². The average Bonchev–Trinajstić information content (AvgIpc) is 2.94. The number of benzene rings is 1. The van der Waals surface area contributed by atoms with Crippen molar-refractivity contribution in [3.63, 3.8) is 0 Å². The van der Waals surface area contributed by atoms with Crippen LogP contribution in [0.1, 0.15) is 29.8 Å². The lowest BCUT2D eigenvalue weighted by Crippen LogP contribution is -2.62. The van der Waals surface area contributed by atoms with E-state index in [1.807, 2.05) is 6.07 Å². The molecule has 5 heteroatoms. The summed E-state index contributed by atoms with van der Waals surface area (Å²) in [5.41, 5.74) is 5.20. The molecule has 3 heterocycles. The predicted molar refractivity (Wildman–Crippen MR) is 104 cm³/mol. The number of hydrogen-bond acceptors (Lipinski definition) is 4. The maximum atomic E-state index is 5.63. The second-order valence-corrected chi connectivity index (χ2v) is 7.87. The highest BCUT2D eigenvalue weighted by atomic mass is 16.5. The molecule has 0 unspecified atom stereocenters. The van der Waals surface area contributed by atoms with E-state index in [-0.39, 0.29) is 5.54 Å². The fourth-order valence-electron chi connectivity index (χ4n) is 4.52. The first-order chi connectivity index (χ1) is 12.6. The Morgan fingerprint density at radius 2 is 1.81 bits per heavy atom. The van der Waals surface area contributed by atoms with Crippen molar-refractivity contribution in [2.24, 2.45) is 0 Å². The molecule has 0 radical (unpaired) electrons. The van der Waals surface area contributed by atoms with Crippen molar-refractivity contribution >= 4 is 0 Å². The van der Waals surface area contributed by atoms with Gasteiger partial charge in [0.15, 0.2) is 0 Å². The fourth-order valence-corrected chi connectivity index (χ4v) is 4.52. The minimum Gasteiger partial charge on any atom is -0.381 e. The smallest absolute Gasteiger partial charge is 0.0648 e. The average molecular weight is 354 g/mol. The Kier molecular flexibility index (Phi) is 4.86. The Balaban J connectivity index is 1.55. The van der Waals surface area contributed by atoms with Gasteiger partial charge in [0.05, 0.1) is 11.4 Å². The van der Waals surface area contributed by atoms with E-state index < -0.39 is 0 Å². The molecule has 1 aromatic carbocycles. The van der Waals surface area contributed by atoms with E-state index in [1.165, 1.54) is 11.3 Å². The summed E-state index contributed by atoms with van der Waals surface area (Å²) in [5, 5.41) is 4.82. The van der Waals surface area contributed by atoms with Crippen molar-refractivity contribution in [1.82, 2.24) is 19.6 Å². The van der Waals surface area contributed by atoms with Crippen LogP contribution >= 0.6 is 0 Å². The third-order valence-corrected chi connectivity index (χ3v) is 6.33. The highest BCUT2D eigenvalue weighted by Crippen LogP contribution is 2.32. The second kappa shape index (κ2) is 7.14. The number of rotatable bonds is 3. The van der Waals surface area contributed by atoms with Crippen LogP contribution in [0.4, 0.5) is 0 Å². The minimum absolute atomic E-state index is 0.285. The minimum atomic E-state index is 0.285. The lowest BCUT2D eigenvalue weighted by Gasteiger charge is -2.51. The van der Waals surface area contributed by atoms with Crippen LogP contribution in [0.3, 0.4) is 0 Å². The molecule has 0 bridgehead atoms. The first kappa shape index (κ1) is 17.7. The van der Waals surface area contributed by atoms with Gasteiger partial charge in [-0.3, -0.25) is 9.80 Å². The molecule has 2 fully saturated rings. The number of para-hydroxylation sites is 1. The molecule has 1 aromatic heterocycles. The van der Waals surface area contributed by atoms with Crippen LogP contribution in [-0.4, -0.2) is 65.0 Å². The molecule has 2 aromatic rings. The molecule has 2 aliphatic heterocycles. The lowest BCUT2D eigenvalue weighted by molar-refractivity contribution is -0.0626. The van der Waals surface area contributed by atoms with Crippen molar-refractivity contribution < 1.29 is 4.74 Å². The zero-order valence-corrected chi connectivity index (χ0v) is 16.2. The maximum Gasteiger partial charge on any atom is 0.0648 e. The third-order valence-electron chi connectivity index (χ3n) is 6.33. The van der Waals surface area contributed by atoms with Gasteiger partial charge in [-0.2, -0.15) is 5.10 Å². The standard InChI is InChI=1S/C21H30N4O/c1-17-20(18(2)25(22-17)19-7-5-4-6-8-19)15-24-12-11-23(3)21(16-24)9-13-26-14-10-21/h4-8H,9-16H2,1-3H3. The van der Waals surface area contributed by atoms with Crippen LogP contribution in [0, 0.1) is 13.8 Å². The molecule has 0 amide bonds. The Hall–Kier alpha value is -1.69. The highest BCUT2D eigenvalue weighted by molar-refractivity contribution is 5.37. The van der Waals surface area contributed by atoms with Gasteiger partial charge in [0.25, 0.3) is 0 Å². The second-order valence-electron chi connectivity index (χ2n) is 7.87. The summed E-state index contributed by atoms with van der Waals surface area (Å²) in [7, 11) is 2.28. The van der Waals surface area contributed by atoms with Crippen LogP contribution in [0.5, 0.6) is 0 Å². The van der Waals surface area contributed by atoms with Crippen molar-refractivity contribution in [2.75, 3.05) is 39.9 Å². The van der Waals surface area contributed by atoms with Gasteiger partial charge in [-0.25, -0.2) is 4.68 Å². The number of aromatic nitrogens is 2. The summed E-state index contributed by atoms with van der Waals surface area (Å²) in [6.45, 7) is 10.5. The van der Waals surface area contributed by atoms with Gasteiger partial charge in [-0.15, -0.1) is 0 Å². The number of aryl methyl sites for hydroxylation is 1. The van der Waals surface area contributed by atoms with Gasteiger partial charge in [0.2, 0.25) is 0 Å². The van der Waals surface area contributed by atoms with Gasteiger partial charge >= 0.3 is 0 Å². The normalized spacial score (nSPS) is 21.3. The lowest BCUT2D eigenvalue weighted by atomic mass is 9.86. The molecule has 0 N–H and O–H groups in total. The number of ether oxygens (including phenoxy) is 1. The van der Waals surface area contributed by atoms with Crippen LogP contribution in [0.15, 0.2) is 30.3 Å². The Morgan fingerprint density at radius 3 is 2.54 bits per heavy atom. The summed E-state index contributed by atoms with van der Waals surface area (Å²) < 4.78 is 7.72. The molecule has 140 valence electrons. The van der Waals surface area contributed by atoms with Crippen LogP contribution in [-0.2, 0) is 11.3 Å². The quantitative estimate of drug-likeness (QED) is 0.849. The van der Waals surface area contributed by atoms with Crippen molar-refractivity contribution in [3.8, 4) is 5.69 Å². The highest BCUT2D eigenvalue weighted by Gasteiger charge is 2.41. The first-order valence-electron chi connectivity index (χ1n) is 9.71. The Morgan fingerprint density at radius 1 is 1.08 bits per heavy atom. The molecular weight excluding hydrogens is 324 g/mol. The number of hydrogen-bond donors (Lipinski definition) is 0. The van der Waals surface area contributed by atoms with Crippen molar-refractivity contribution in [2.45, 2.75) is 38.8 Å². The summed E-state index contributed by atoms with van der Waals surface area (Å²) in [6.07, 6.45) is 2.28.